The molecule has 1 saturated heterocycles. The van der Waals surface area contributed by atoms with Gasteiger partial charge in [0.25, 0.3) is 5.56 Å². The average Bonchev–Trinajstić information content (AvgIpc) is 3.39. The van der Waals surface area contributed by atoms with E-state index in [1.807, 2.05) is 42.5 Å². The second kappa shape index (κ2) is 8.49. The van der Waals surface area contributed by atoms with Crippen molar-refractivity contribution in [3.63, 3.8) is 0 Å². The lowest BCUT2D eigenvalue weighted by atomic mass is 9.99. The predicted molar refractivity (Wildman–Crippen MR) is 129 cm³/mol. The zero-order valence-electron chi connectivity index (χ0n) is 17.8. The Morgan fingerprint density at radius 2 is 1.94 bits per heavy atom. The molecule has 4 heterocycles. The van der Waals surface area contributed by atoms with Crippen molar-refractivity contribution in [3.8, 4) is 11.4 Å². The van der Waals surface area contributed by atoms with Crippen LogP contribution in [0.3, 0.4) is 0 Å². The van der Waals surface area contributed by atoms with Crippen molar-refractivity contribution in [3.05, 3.63) is 94.0 Å². The first-order valence-electron chi connectivity index (χ1n) is 11.0. The minimum absolute atomic E-state index is 0. The molecule has 32 heavy (non-hydrogen) atoms. The molecule has 2 aromatic heterocycles. The number of rotatable bonds is 4. The maximum Gasteiger partial charge on any atom is 0.258 e. The largest absolute Gasteiger partial charge is 0.489 e. The van der Waals surface area contributed by atoms with Crippen molar-refractivity contribution in [2.24, 2.45) is 0 Å². The normalized spacial score (nSPS) is 17.6. The molecule has 0 bridgehead atoms. The van der Waals surface area contributed by atoms with Crippen LogP contribution in [0.15, 0.2) is 71.7 Å². The van der Waals surface area contributed by atoms with Gasteiger partial charge < -0.3 is 9.72 Å². The zero-order chi connectivity index (χ0) is 20.8. The van der Waals surface area contributed by atoms with E-state index in [2.05, 4.69) is 22.0 Å². The summed E-state index contributed by atoms with van der Waals surface area (Å²) < 4.78 is 7.47. The first-order valence-corrected chi connectivity index (χ1v) is 11.0. The number of halogens is 1. The fourth-order valence-corrected chi connectivity index (χ4v) is 5.08. The van der Waals surface area contributed by atoms with Gasteiger partial charge in [-0.2, -0.15) is 0 Å². The molecule has 0 saturated carbocycles. The van der Waals surface area contributed by atoms with Crippen molar-refractivity contribution in [1.29, 1.82) is 0 Å². The molecule has 2 aromatic carbocycles. The molecule has 6 rings (SSSR count). The van der Waals surface area contributed by atoms with Gasteiger partial charge in [0.15, 0.2) is 0 Å². The van der Waals surface area contributed by atoms with Gasteiger partial charge >= 0.3 is 0 Å². The van der Waals surface area contributed by atoms with E-state index in [1.165, 1.54) is 36.0 Å². The smallest absolute Gasteiger partial charge is 0.258 e. The molecule has 0 spiro atoms. The number of hydrogen-bond acceptors (Lipinski definition) is 3. The average molecular weight is 448 g/mol. The van der Waals surface area contributed by atoms with Crippen LogP contribution in [0.5, 0.6) is 5.75 Å². The summed E-state index contributed by atoms with van der Waals surface area (Å²) in [6.45, 7) is 2.69. The van der Waals surface area contributed by atoms with Crippen LogP contribution in [0.25, 0.3) is 16.6 Å². The Hall–Kier alpha value is -3.02. The molecular formula is C26H26ClN3O2. The molecular weight excluding hydrogens is 422 g/mol. The second-order valence-electron chi connectivity index (χ2n) is 8.63. The van der Waals surface area contributed by atoms with E-state index in [1.54, 1.807) is 16.8 Å². The van der Waals surface area contributed by atoms with Crippen LogP contribution in [-0.2, 0) is 19.6 Å². The van der Waals surface area contributed by atoms with Gasteiger partial charge in [-0.1, -0.05) is 36.4 Å². The summed E-state index contributed by atoms with van der Waals surface area (Å²) in [5.74, 6) is 0.585. The highest BCUT2D eigenvalue weighted by atomic mass is 35.5. The Morgan fingerprint density at radius 1 is 1.06 bits per heavy atom. The minimum atomic E-state index is -0.0955. The van der Waals surface area contributed by atoms with Crippen LogP contribution in [0.2, 0.25) is 0 Å². The first kappa shape index (κ1) is 20.9. The van der Waals surface area contributed by atoms with Crippen LogP contribution < -0.4 is 10.3 Å². The zero-order valence-corrected chi connectivity index (χ0v) is 18.6. The summed E-state index contributed by atoms with van der Waals surface area (Å²) in [6.07, 6.45) is 5.51. The summed E-state index contributed by atoms with van der Waals surface area (Å²) in [4.78, 5) is 19.0. The molecule has 0 radical (unpaired) electrons. The molecule has 1 unspecified atom stereocenters. The Balaban J connectivity index is 0.00000216. The number of nitrogens with zero attached hydrogens (tertiary/aromatic N) is 2. The fourth-order valence-electron chi connectivity index (χ4n) is 5.08. The van der Waals surface area contributed by atoms with Gasteiger partial charge in [-0.15, -0.1) is 12.4 Å². The number of aromatic nitrogens is 2. The number of ether oxygens (including phenoxy) is 1. The second-order valence-corrected chi connectivity index (χ2v) is 8.63. The highest BCUT2D eigenvalue weighted by Gasteiger charge is 2.31. The van der Waals surface area contributed by atoms with Gasteiger partial charge in [0.1, 0.15) is 12.4 Å². The Bertz CT molecular complexity index is 1310. The molecule has 1 atom stereocenters. The number of hydrogen-bond donors (Lipinski definition) is 1. The Morgan fingerprint density at radius 3 is 2.78 bits per heavy atom. The molecule has 4 aromatic rings. The van der Waals surface area contributed by atoms with Crippen molar-refractivity contribution in [2.75, 3.05) is 6.54 Å². The van der Waals surface area contributed by atoms with E-state index in [0.717, 1.165) is 29.7 Å². The third kappa shape index (κ3) is 3.72. The van der Waals surface area contributed by atoms with Crippen LogP contribution in [0, 0.1) is 0 Å². The molecule has 5 nitrogen and oxygen atoms in total. The van der Waals surface area contributed by atoms with Gasteiger partial charge in [0, 0.05) is 47.9 Å². The van der Waals surface area contributed by atoms with Crippen molar-refractivity contribution in [2.45, 2.75) is 38.5 Å². The molecule has 0 amide bonds. The summed E-state index contributed by atoms with van der Waals surface area (Å²) in [7, 11) is 0. The predicted octanol–water partition coefficient (Wildman–Crippen LogP) is 4.84. The van der Waals surface area contributed by atoms with Gasteiger partial charge in [-0.25, -0.2) is 0 Å². The number of nitrogens with one attached hydrogen (secondary N) is 1. The summed E-state index contributed by atoms with van der Waals surface area (Å²) in [5, 5.41) is 1.28. The molecule has 1 N–H and O–H groups in total. The molecule has 6 heteroatoms. The lowest BCUT2D eigenvalue weighted by molar-refractivity contribution is 0.227. The fraction of sp³-hybridized carbons (Fsp3) is 0.269. The van der Waals surface area contributed by atoms with E-state index in [4.69, 9.17) is 4.74 Å². The van der Waals surface area contributed by atoms with Gasteiger partial charge in [-0.3, -0.25) is 14.3 Å². The molecule has 1 fully saturated rings. The van der Waals surface area contributed by atoms with Gasteiger partial charge in [0.05, 0.1) is 5.69 Å². The quantitative estimate of drug-likeness (QED) is 0.487. The standard InChI is InChI=1S/C26H25N3O2.ClH/c30-26-15-21(31-17-18-5-2-1-3-6-18)10-12-29(26)20-8-9-22-23-16-28-11-4-7-19(28)13-25(23)27-24(22)14-20;/h1-3,5-6,8-10,12,14-15,19,27H,4,7,11,13,16-17H2;1H. The molecule has 2 aliphatic rings. The van der Waals surface area contributed by atoms with Crippen LogP contribution >= 0.6 is 12.4 Å². The SMILES string of the molecule is Cl.O=c1cc(OCc2ccccc2)ccn1-c1ccc2c3c([nH]c2c1)CC1CCCN1C3. The van der Waals surface area contributed by atoms with E-state index in [-0.39, 0.29) is 18.0 Å². The maximum atomic E-state index is 12.8. The monoisotopic (exact) mass is 447 g/mol. The van der Waals surface area contributed by atoms with Gasteiger partial charge in [-0.05, 0) is 48.7 Å². The summed E-state index contributed by atoms with van der Waals surface area (Å²) in [6, 6.07) is 20.3. The van der Waals surface area contributed by atoms with E-state index in [9.17, 15) is 4.79 Å². The number of H-pyrrole nitrogens is 1. The summed E-state index contributed by atoms with van der Waals surface area (Å²) >= 11 is 0. The first-order chi connectivity index (χ1) is 15.2. The minimum Gasteiger partial charge on any atom is -0.489 e. The van der Waals surface area contributed by atoms with Crippen LogP contribution in [-0.4, -0.2) is 27.0 Å². The highest BCUT2D eigenvalue weighted by Crippen LogP contribution is 2.34. The van der Waals surface area contributed by atoms with Crippen molar-refractivity contribution in [1.82, 2.24) is 14.5 Å². The highest BCUT2D eigenvalue weighted by molar-refractivity contribution is 5.86. The van der Waals surface area contributed by atoms with Crippen LogP contribution in [0.4, 0.5) is 0 Å². The number of fused-ring (bicyclic) bond motifs is 4. The Labute approximate surface area is 193 Å². The molecule has 164 valence electrons. The maximum absolute atomic E-state index is 12.8. The molecule has 2 aliphatic heterocycles. The van der Waals surface area contributed by atoms with E-state index >= 15 is 0 Å². The van der Waals surface area contributed by atoms with Gasteiger partial charge in [0.2, 0.25) is 0 Å². The number of aromatic amines is 1. The summed E-state index contributed by atoms with van der Waals surface area (Å²) in [5.41, 5.74) is 5.75. The van der Waals surface area contributed by atoms with E-state index < -0.39 is 0 Å². The lowest BCUT2D eigenvalue weighted by Gasteiger charge is -2.29. The number of benzene rings is 2. The lowest BCUT2D eigenvalue weighted by Crippen LogP contribution is -2.34. The van der Waals surface area contributed by atoms with Crippen molar-refractivity contribution >= 4 is 23.3 Å². The Kier molecular flexibility index (Phi) is 5.53. The van der Waals surface area contributed by atoms with Crippen LogP contribution in [0.1, 0.15) is 29.7 Å². The van der Waals surface area contributed by atoms with Crippen molar-refractivity contribution < 1.29 is 4.74 Å². The third-order valence-electron chi connectivity index (χ3n) is 6.70. The molecule has 0 aliphatic carbocycles. The number of pyridine rings is 1. The topological polar surface area (TPSA) is 50.3 Å². The third-order valence-corrected chi connectivity index (χ3v) is 6.70. The van der Waals surface area contributed by atoms with E-state index in [0.29, 0.717) is 18.4 Å².